The van der Waals surface area contributed by atoms with Crippen LogP contribution in [-0.2, 0) is 12.7 Å². The van der Waals surface area contributed by atoms with Gasteiger partial charge in [0.1, 0.15) is 0 Å². The molecule has 0 amide bonds. The summed E-state index contributed by atoms with van der Waals surface area (Å²) in [4.78, 5) is 0. The van der Waals surface area contributed by atoms with Crippen LogP contribution in [0.4, 0.5) is 13.2 Å². The number of hydrogen-bond acceptors (Lipinski definition) is 1. The normalized spacial score (nSPS) is 13.2. The van der Waals surface area contributed by atoms with E-state index in [2.05, 4.69) is 21.2 Å². The van der Waals surface area contributed by atoms with Gasteiger partial charge in [0.2, 0.25) is 0 Å². The average molecular weight is 358 g/mol. The van der Waals surface area contributed by atoms with Crippen LogP contribution >= 0.6 is 15.9 Å². The minimum absolute atomic E-state index is 0.0626. The van der Waals surface area contributed by atoms with Gasteiger partial charge in [-0.15, -0.1) is 0 Å². The van der Waals surface area contributed by atoms with E-state index in [1.54, 1.807) is 6.07 Å². The van der Waals surface area contributed by atoms with Crippen molar-refractivity contribution in [3.8, 4) is 0 Å². The summed E-state index contributed by atoms with van der Waals surface area (Å²) in [5.41, 5.74) is 1.09. The van der Waals surface area contributed by atoms with Crippen molar-refractivity contribution in [2.24, 2.45) is 0 Å². The molecular formula is C16H15BrF3N. The molecule has 1 atom stereocenters. The second-order valence-electron chi connectivity index (χ2n) is 4.85. The second-order valence-corrected chi connectivity index (χ2v) is 5.77. The van der Waals surface area contributed by atoms with Crippen LogP contribution in [0.1, 0.15) is 29.7 Å². The molecule has 112 valence electrons. The minimum atomic E-state index is -4.30. The molecule has 0 aliphatic heterocycles. The van der Waals surface area contributed by atoms with Crippen molar-refractivity contribution in [1.82, 2.24) is 5.32 Å². The van der Waals surface area contributed by atoms with Gasteiger partial charge in [0.15, 0.2) is 0 Å². The summed E-state index contributed by atoms with van der Waals surface area (Å²) < 4.78 is 38.9. The fourth-order valence-corrected chi connectivity index (χ4v) is 2.26. The molecule has 1 N–H and O–H groups in total. The van der Waals surface area contributed by atoms with Gasteiger partial charge in [0, 0.05) is 17.1 Å². The summed E-state index contributed by atoms with van der Waals surface area (Å²) in [5.74, 6) is 0. The Morgan fingerprint density at radius 1 is 1.10 bits per heavy atom. The highest BCUT2D eigenvalue weighted by Gasteiger charge is 2.30. The number of rotatable bonds is 4. The quantitative estimate of drug-likeness (QED) is 0.780. The molecule has 0 unspecified atom stereocenters. The lowest BCUT2D eigenvalue weighted by Crippen LogP contribution is -2.18. The van der Waals surface area contributed by atoms with Crippen molar-refractivity contribution in [1.29, 1.82) is 0 Å². The van der Waals surface area contributed by atoms with E-state index in [0.29, 0.717) is 12.1 Å². The predicted molar refractivity (Wildman–Crippen MR) is 80.8 cm³/mol. The highest BCUT2D eigenvalue weighted by molar-refractivity contribution is 9.10. The molecule has 0 aliphatic carbocycles. The Morgan fingerprint density at radius 3 is 2.38 bits per heavy atom. The molecule has 21 heavy (non-hydrogen) atoms. The molecule has 2 rings (SSSR count). The van der Waals surface area contributed by atoms with Gasteiger partial charge >= 0.3 is 6.18 Å². The summed E-state index contributed by atoms with van der Waals surface area (Å²) in [6.07, 6.45) is -4.30. The largest absolute Gasteiger partial charge is 0.416 e. The summed E-state index contributed by atoms with van der Waals surface area (Å²) in [6.45, 7) is 2.37. The third kappa shape index (κ3) is 4.58. The molecule has 0 saturated heterocycles. The Kier molecular flexibility index (Phi) is 5.06. The molecule has 0 aromatic heterocycles. The van der Waals surface area contributed by atoms with E-state index in [0.717, 1.165) is 16.1 Å². The van der Waals surface area contributed by atoms with Crippen LogP contribution in [0.2, 0.25) is 0 Å². The molecule has 0 aliphatic rings. The topological polar surface area (TPSA) is 12.0 Å². The summed E-state index contributed by atoms with van der Waals surface area (Å²) in [6, 6.07) is 13.3. The maximum atomic E-state index is 12.6. The maximum Gasteiger partial charge on any atom is 0.416 e. The predicted octanol–water partition coefficient (Wildman–Crippen LogP) is 5.32. The van der Waals surface area contributed by atoms with Crippen molar-refractivity contribution in [3.63, 3.8) is 0 Å². The highest BCUT2D eigenvalue weighted by Crippen LogP contribution is 2.29. The minimum Gasteiger partial charge on any atom is -0.306 e. The van der Waals surface area contributed by atoms with E-state index in [9.17, 15) is 13.2 Å². The van der Waals surface area contributed by atoms with Crippen LogP contribution in [0.15, 0.2) is 53.0 Å². The Bertz CT molecular complexity index is 593. The van der Waals surface area contributed by atoms with E-state index >= 15 is 0 Å². The van der Waals surface area contributed by atoms with Crippen LogP contribution in [0.3, 0.4) is 0 Å². The SMILES string of the molecule is C[C@@H](NCc1cccc(C(F)(F)F)c1)c1ccc(Br)cc1. The average Bonchev–Trinajstić information content (AvgIpc) is 2.45. The molecule has 0 fully saturated rings. The maximum absolute atomic E-state index is 12.6. The molecule has 0 bridgehead atoms. The Morgan fingerprint density at radius 2 is 1.76 bits per heavy atom. The number of halogens is 4. The summed E-state index contributed by atoms with van der Waals surface area (Å²) in [7, 11) is 0. The van der Waals surface area contributed by atoms with Crippen LogP contribution in [0.25, 0.3) is 0 Å². The standard InChI is InChI=1S/C16H15BrF3N/c1-11(13-5-7-15(17)8-6-13)21-10-12-3-2-4-14(9-12)16(18,19)20/h2-9,11,21H,10H2,1H3/t11-/m1/s1. The van der Waals surface area contributed by atoms with Crippen molar-refractivity contribution in [3.05, 3.63) is 69.7 Å². The zero-order valence-corrected chi connectivity index (χ0v) is 13.0. The molecule has 5 heteroatoms. The number of hydrogen-bond donors (Lipinski definition) is 1. The molecular weight excluding hydrogens is 343 g/mol. The number of alkyl halides is 3. The first-order valence-corrected chi connectivity index (χ1v) is 7.30. The van der Waals surface area contributed by atoms with Gasteiger partial charge in [0.05, 0.1) is 5.56 Å². The van der Waals surface area contributed by atoms with Crippen molar-refractivity contribution >= 4 is 15.9 Å². The molecule has 0 saturated carbocycles. The van der Waals surface area contributed by atoms with Crippen LogP contribution in [-0.4, -0.2) is 0 Å². The van der Waals surface area contributed by atoms with E-state index in [1.165, 1.54) is 12.1 Å². The molecule has 0 heterocycles. The van der Waals surface area contributed by atoms with Crippen LogP contribution in [0.5, 0.6) is 0 Å². The monoisotopic (exact) mass is 357 g/mol. The second kappa shape index (κ2) is 6.62. The summed E-state index contributed by atoms with van der Waals surface area (Å²) in [5, 5.41) is 3.23. The third-order valence-electron chi connectivity index (χ3n) is 3.24. The van der Waals surface area contributed by atoms with Gasteiger partial charge in [-0.3, -0.25) is 0 Å². The van der Waals surface area contributed by atoms with Gasteiger partial charge in [-0.05, 0) is 36.2 Å². The van der Waals surface area contributed by atoms with Crippen molar-refractivity contribution in [2.75, 3.05) is 0 Å². The Hall–Kier alpha value is -1.33. The Labute approximate surface area is 130 Å². The summed E-state index contributed by atoms with van der Waals surface area (Å²) >= 11 is 3.37. The van der Waals surface area contributed by atoms with E-state index in [1.807, 2.05) is 31.2 Å². The smallest absolute Gasteiger partial charge is 0.306 e. The molecule has 0 radical (unpaired) electrons. The number of benzene rings is 2. The van der Waals surface area contributed by atoms with Crippen molar-refractivity contribution < 1.29 is 13.2 Å². The van der Waals surface area contributed by atoms with Gasteiger partial charge < -0.3 is 5.32 Å². The van der Waals surface area contributed by atoms with Gasteiger partial charge in [-0.2, -0.15) is 13.2 Å². The zero-order chi connectivity index (χ0) is 15.5. The lowest BCUT2D eigenvalue weighted by molar-refractivity contribution is -0.137. The first-order chi connectivity index (χ1) is 9.86. The lowest BCUT2D eigenvalue weighted by atomic mass is 10.1. The van der Waals surface area contributed by atoms with Gasteiger partial charge in [-0.1, -0.05) is 46.3 Å². The highest BCUT2D eigenvalue weighted by atomic mass is 79.9. The third-order valence-corrected chi connectivity index (χ3v) is 3.77. The number of nitrogens with one attached hydrogen (secondary N) is 1. The van der Waals surface area contributed by atoms with Crippen LogP contribution < -0.4 is 5.32 Å². The first kappa shape index (κ1) is 16.0. The zero-order valence-electron chi connectivity index (χ0n) is 11.4. The van der Waals surface area contributed by atoms with E-state index < -0.39 is 11.7 Å². The molecule has 2 aromatic rings. The molecule has 1 nitrogen and oxygen atoms in total. The van der Waals surface area contributed by atoms with Crippen molar-refractivity contribution in [2.45, 2.75) is 25.7 Å². The molecule has 0 spiro atoms. The van der Waals surface area contributed by atoms with E-state index in [-0.39, 0.29) is 6.04 Å². The Balaban J connectivity index is 2.01. The molecule has 2 aromatic carbocycles. The lowest BCUT2D eigenvalue weighted by Gasteiger charge is -2.15. The van der Waals surface area contributed by atoms with Crippen LogP contribution in [0, 0.1) is 0 Å². The fourth-order valence-electron chi connectivity index (χ4n) is 2.00. The van der Waals surface area contributed by atoms with Gasteiger partial charge in [-0.25, -0.2) is 0 Å². The fraction of sp³-hybridized carbons (Fsp3) is 0.250. The van der Waals surface area contributed by atoms with Gasteiger partial charge in [0.25, 0.3) is 0 Å². The van der Waals surface area contributed by atoms with E-state index in [4.69, 9.17) is 0 Å². The first-order valence-electron chi connectivity index (χ1n) is 6.51.